The van der Waals surface area contributed by atoms with Gasteiger partial charge in [0.15, 0.2) is 11.5 Å². The van der Waals surface area contributed by atoms with Crippen molar-refractivity contribution in [3.8, 4) is 11.5 Å². The summed E-state index contributed by atoms with van der Waals surface area (Å²) in [6.45, 7) is 4.67. The van der Waals surface area contributed by atoms with Gasteiger partial charge in [0.05, 0.1) is 32.3 Å². The maximum Gasteiger partial charge on any atom is 0.317 e. The number of piperidine rings is 1. The fourth-order valence-corrected chi connectivity index (χ4v) is 5.58. The van der Waals surface area contributed by atoms with E-state index in [1.165, 1.54) is 30.7 Å². The Labute approximate surface area is 178 Å². The molecule has 2 saturated heterocycles. The molecule has 2 amide bonds. The van der Waals surface area contributed by atoms with Gasteiger partial charge in [-0.05, 0) is 25.0 Å². The standard InChI is InChI=1S/C20H31N3O6S/c1-4-8-21-20(24)23-10-11-29-14-15-13-22(9-7-17(15)23)30(25,26)16-5-6-18(27-2)19(12-16)28-3/h5-6,12,15,17H,4,7-11,13-14H2,1-3H3,(H,21,24)/t15-,17-/m1/s1. The molecule has 3 rings (SSSR count). The van der Waals surface area contributed by atoms with Crippen molar-refractivity contribution in [2.75, 3.05) is 53.6 Å². The average molecular weight is 442 g/mol. The molecule has 2 aliphatic rings. The van der Waals surface area contributed by atoms with Crippen LogP contribution >= 0.6 is 0 Å². The lowest BCUT2D eigenvalue weighted by molar-refractivity contribution is 0.0848. The average Bonchev–Trinajstić information content (AvgIpc) is 2.98. The molecule has 1 aromatic carbocycles. The van der Waals surface area contributed by atoms with E-state index in [9.17, 15) is 13.2 Å². The second-order valence-electron chi connectivity index (χ2n) is 7.50. The molecule has 30 heavy (non-hydrogen) atoms. The van der Waals surface area contributed by atoms with Crippen LogP contribution in [0.15, 0.2) is 23.1 Å². The molecule has 2 aliphatic heterocycles. The molecule has 2 atom stereocenters. The number of carbonyl (C=O) groups is 1. The first-order valence-corrected chi connectivity index (χ1v) is 11.7. The number of urea groups is 1. The zero-order valence-electron chi connectivity index (χ0n) is 17.8. The predicted molar refractivity (Wildman–Crippen MR) is 111 cm³/mol. The number of carbonyl (C=O) groups excluding carboxylic acids is 1. The molecule has 0 radical (unpaired) electrons. The summed E-state index contributed by atoms with van der Waals surface area (Å²) in [5, 5.41) is 2.93. The van der Waals surface area contributed by atoms with Crippen molar-refractivity contribution in [3.63, 3.8) is 0 Å². The summed E-state index contributed by atoms with van der Waals surface area (Å²) in [4.78, 5) is 14.6. The molecular formula is C20H31N3O6S. The Kier molecular flexibility index (Phi) is 7.43. The van der Waals surface area contributed by atoms with Gasteiger partial charge < -0.3 is 24.4 Å². The molecule has 2 heterocycles. The van der Waals surface area contributed by atoms with Crippen LogP contribution in [-0.4, -0.2) is 83.3 Å². The van der Waals surface area contributed by atoms with Crippen LogP contribution in [-0.2, 0) is 14.8 Å². The predicted octanol–water partition coefficient (Wildman–Crippen LogP) is 1.53. The van der Waals surface area contributed by atoms with Crippen LogP contribution in [0.25, 0.3) is 0 Å². The van der Waals surface area contributed by atoms with Crippen LogP contribution < -0.4 is 14.8 Å². The van der Waals surface area contributed by atoms with Gasteiger partial charge in [-0.1, -0.05) is 6.92 Å². The van der Waals surface area contributed by atoms with Gasteiger partial charge in [0, 0.05) is 44.2 Å². The van der Waals surface area contributed by atoms with Crippen molar-refractivity contribution < 1.29 is 27.4 Å². The largest absolute Gasteiger partial charge is 0.493 e. The van der Waals surface area contributed by atoms with Gasteiger partial charge >= 0.3 is 6.03 Å². The maximum absolute atomic E-state index is 13.3. The summed E-state index contributed by atoms with van der Waals surface area (Å²) in [5.41, 5.74) is 0. The first-order chi connectivity index (χ1) is 14.4. The van der Waals surface area contributed by atoms with Crippen molar-refractivity contribution in [1.82, 2.24) is 14.5 Å². The Morgan fingerprint density at radius 2 is 2.00 bits per heavy atom. The van der Waals surface area contributed by atoms with Crippen molar-refractivity contribution in [3.05, 3.63) is 18.2 Å². The number of benzene rings is 1. The summed E-state index contributed by atoms with van der Waals surface area (Å²) >= 11 is 0. The van der Waals surface area contributed by atoms with E-state index >= 15 is 0 Å². The van der Waals surface area contributed by atoms with E-state index in [0.717, 1.165) is 6.42 Å². The van der Waals surface area contributed by atoms with Crippen molar-refractivity contribution in [1.29, 1.82) is 0 Å². The number of fused-ring (bicyclic) bond motifs is 1. The second-order valence-corrected chi connectivity index (χ2v) is 9.43. The topological polar surface area (TPSA) is 97.4 Å². The monoisotopic (exact) mass is 441 g/mol. The molecule has 9 nitrogen and oxygen atoms in total. The summed E-state index contributed by atoms with van der Waals surface area (Å²) in [6.07, 6.45) is 1.43. The smallest absolute Gasteiger partial charge is 0.317 e. The highest BCUT2D eigenvalue weighted by Gasteiger charge is 2.41. The lowest BCUT2D eigenvalue weighted by Gasteiger charge is -2.41. The second kappa shape index (κ2) is 9.84. The van der Waals surface area contributed by atoms with Gasteiger partial charge in [-0.25, -0.2) is 13.2 Å². The van der Waals surface area contributed by atoms with E-state index in [0.29, 0.717) is 57.3 Å². The van der Waals surface area contributed by atoms with Gasteiger partial charge in [-0.15, -0.1) is 0 Å². The lowest BCUT2D eigenvalue weighted by atomic mass is 9.93. The van der Waals surface area contributed by atoms with Crippen LogP contribution in [0.1, 0.15) is 19.8 Å². The van der Waals surface area contributed by atoms with E-state index < -0.39 is 10.0 Å². The molecule has 1 N–H and O–H groups in total. The maximum atomic E-state index is 13.3. The number of nitrogens with one attached hydrogen (secondary N) is 1. The number of hydrogen-bond acceptors (Lipinski definition) is 6. The number of ether oxygens (including phenoxy) is 3. The lowest BCUT2D eigenvalue weighted by Crippen LogP contribution is -2.56. The van der Waals surface area contributed by atoms with Crippen molar-refractivity contribution in [2.24, 2.45) is 5.92 Å². The van der Waals surface area contributed by atoms with Gasteiger partial charge in [0.25, 0.3) is 0 Å². The third kappa shape index (κ3) is 4.65. The number of amides is 2. The first-order valence-electron chi connectivity index (χ1n) is 10.3. The van der Waals surface area contributed by atoms with Crippen LogP contribution in [0.2, 0.25) is 0 Å². The van der Waals surface area contributed by atoms with E-state index in [1.807, 2.05) is 11.8 Å². The number of methoxy groups -OCH3 is 2. The fourth-order valence-electron chi connectivity index (χ4n) is 4.05. The minimum Gasteiger partial charge on any atom is -0.493 e. The Balaban J connectivity index is 1.78. The number of sulfonamides is 1. The molecule has 0 aromatic heterocycles. The Bertz CT molecular complexity index is 847. The van der Waals surface area contributed by atoms with Gasteiger partial charge in [-0.3, -0.25) is 0 Å². The summed E-state index contributed by atoms with van der Waals surface area (Å²) in [6, 6.07) is 4.45. The molecule has 0 aliphatic carbocycles. The first kappa shape index (κ1) is 22.6. The highest BCUT2D eigenvalue weighted by Crippen LogP contribution is 2.33. The van der Waals surface area contributed by atoms with Crippen LogP contribution in [0.3, 0.4) is 0 Å². The fraction of sp³-hybridized carbons (Fsp3) is 0.650. The number of hydrogen-bond donors (Lipinski definition) is 1. The highest BCUT2D eigenvalue weighted by molar-refractivity contribution is 7.89. The zero-order valence-corrected chi connectivity index (χ0v) is 18.6. The molecule has 0 spiro atoms. The third-order valence-electron chi connectivity index (χ3n) is 5.65. The molecule has 10 heteroatoms. The summed E-state index contributed by atoms with van der Waals surface area (Å²) < 4.78 is 44.2. The van der Waals surface area contributed by atoms with E-state index in [2.05, 4.69) is 5.32 Å². The molecule has 168 valence electrons. The SMILES string of the molecule is CCCNC(=O)N1CCOC[C@H]2CN(S(=O)(=O)c3ccc(OC)c(OC)c3)CC[C@H]21. The minimum absolute atomic E-state index is 0.0405. The summed E-state index contributed by atoms with van der Waals surface area (Å²) in [7, 11) is -0.733. The van der Waals surface area contributed by atoms with Gasteiger partial charge in [0.1, 0.15) is 0 Å². The van der Waals surface area contributed by atoms with Crippen LogP contribution in [0, 0.1) is 5.92 Å². The van der Waals surface area contributed by atoms with Crippen LogP contribution in [0.5, 0.6) is 11.5 Å². The molecule has 0 unspecified atom stereocenters. The van der Waals surface area contributed by atoms with Crippen molar-refractivity contribution in [2.45, 2.75) is 30.7 Å². The Morgan fingerprint density at radius 1 is 1.23 bits per heavy atom. The van der Waals surface area contributed by atoms with E-state index in [1.54, 1.807) is 6.07 Å². The van der Waals surface area contributed by atoms with E-state index in [4.69, 9.17) is 14.2 Å². The van der Waals surface area contributed by atoms with E-state index in [-0.39, 0.29) is 22.9 Å². The zero-order chi connectivity index (χ0) is 21.7. The van der Waals surface area contributed by atoms with Crippen molar-refractivity contribution >= 4 is 16.1 Å². The molecule has 2 fully saturated rings. The normalized spacial score (nSPS) is 22.7. The highest BCUT2D eigenvalue weighted by atomic mass is 32.2. The Hall–Kier alpha value is -2.04. The Morgan fingerprint density at radius 3 is 2.70 bits per heavy atom. The van der Waals surface area contributed by atoms with Gasteiger partial charge in [-0.2, -0.15) is 4.31 Å². The summed E-state index contributed by atoms with van der Waals surface area (Å²) in [5.74, 6) is 0.759. The minimum atomic E-state index is -3.71. The third-order valence-corrected chi connectivity index (χ3v) is 7.51. The van der Waals surface area contributed by atoms with Gasteiger partial charge in [0.2, 0.25) is 10.0 Å². The van der Waals surface area contributed by atoms with Crippen LogP contribution in [0.4, 0.5) is 4.79 Å². The molecule has 0 saturated carbocycles. The molecular weight excluding hydrogens is 410 g/mol. The number of nitrogens with zero attached hydrogens (tertiary/aromatic N) is 2. The molecule has 0 bridgehead atoms. The number of rotatable bonds is 6. The molecule has 1 aromatic rings. The quantitative estimate of drug-likeness (QED) is 0.719.